The van der Waals surface area contributed by atoms with Gasteiger partial charge in [0.15, 0.2) is 6.17 Å². The Kier molecular flexibility index (Phi) is 9.39. The van der Waals surface area contributed by atoms with E-state index in [1.807, 2.05) is 13.8 Å². The first-order chi connectivity index (χ1) is 17.7. The van der Waals surface area contributed by atoms with E-state index < -0.39 is 6.17 Å². The van der Waals surface area contributed by atoms with Crippen molar-refractivity contribution in [1.29, 1.82) is 0 Å². The predicted octanol–water partition coefficient (Wildman–Crippen LogP) is 1.81. The van der Waals surface area contributed by atoms with Crippen LogP contribution in [-0.2, 0) is 14.3 Å². The molecule has 0 spiro atoms. The molecule has 1 unspecified atom stereocenters. The fraction of sp³-hybridized carbons (Fsp3) is 0.400. The van der Waals surface area contributed by atoms with Crippen LogP contribution in [0.3, 0.4) is 0 Å². The minimum Gasteiger partial charge on any atom is -0.508 e. The van der Waals surface area contributed by atoms with Crippen LogP contribution in [0.1, 0.15) is 44.0 Å². The first-order valence-corrected chi connectivity index (χ1v) is 11.9. The van der Waals surface area contributed by atoms with Crippen LogP contribution in [0.5, 0.6) is 17.2 Å². The number of anilines is 1. The number of aliphatic hydroxyl groups is 1. The van der Waals surface area contributed by atoms with Gasteiger partial charge in [0.05, 0.1) is 19.8 Å². The highest BCUT2D eigenvalue weighted by atomic mass is 16.5. The summed E-state index contributed by atoms with van der Waals surface area (Å²) in [4.78, 5) is 23.8. The number of amidine groups is 1. The van der Waals surface area contributed by atoms with Gasteiger partial charge in [-0.05, 0) is 41.8 Å². The van der Waals surface area contributed by atoms with Crippen LogP contribution in [0.25, 0.3) is 0 Å². The van der Waals surface area contributed by atoms with Crippen LogP contribution in [0.2, 0.25) is 0 Å². The molecule has 2 aromatic carbocycles. The van der Waals surface area contributed by atoms with Crippen molar-refractivity contribution in [2.24, 2.45) is 5.10 Å². The Morgan fingerprint density at radius 3 is 2.46 bits per heavy atom. The van der Waals surface area contributed by atoms with Crippen LogP contribution < -0.4 is 25.7 Å². The second-order valence-electron chi connectivity index (χ2n) is 8.65. The van der Waals surface area contributed by atoms with Crippen LogP contribution in [0, 0.1) is 0 Å². The molecule has 2 aromatic rings. The van der Waals surface area contributed by atoms with Crippen LogP contribution in [-0.4, -0.2) is 66.1 Å². The highest BCUT2D eigenvalue weighted by molar-refractivity contribution is 5.92. The van der Waals surface area contributed by atoms with Gasteiger partial charge in [-0.2, -0.15) is 0 Å². The number of amides is 2. The molecule has 200 valence electrons. The minimum atomic E-state index is -0.683. The third-order valence-electron chi connectivity index (χ3n) is 5.53. The molecule has 0 aliphatic carbocycles. The lowest BCUT2D eigenvalue weighted by atomic mass is 9.97. The van der Waals surface area contributed by atoms with Gasteiger partial charge in [0.2, 0.25) is 11.8 Å². The van der Waals surface area contributed by atoms with Crippen molar-refractivity contribution in [3.8, 4) is 17.2 Å². The molecule has 6 N–H and O–H groups in total. The number of benzene rings is 2. The minimum absolute atomic E-state index is 0.00290. The van der Waals surface area contributed by atoms with E-state index in [0.717, 1.165) is 0 Å². The lowest BCUT2D eigenvalue weighted by molar-refractivity contribution is -0.125. The summed E-state index contributed by atoms with van der Waals surface area (Å²) in [6.07, 6.45) is -0.683. The number of phenolic OH excluding ortho intramolecular Hbond substituents is 2. The molecule has 0 bridgehead atoms. The third-order valence-corrected chi connectivity index (χ3v) is 5.53. The predicted molar refractivity (Wildman–Crippen MR) is 137 cm³/mol. The molecule has 1 heterocycles. The average molecular weight is 516 g/mol. The maximum Gasteiger partial charge on any atom is 0.313 e. The third kappa shape index (κ3) is 7.40. The van der Waals surface area contributed by atoms with Gasteiger partial charge < -0.3 is 35.4 Å². The van der Waals surface area contributed by atoms with Crippen molar-refractivity contribution in [3.05, 3.63) is 47.5 Å². The number of aliphatic hydroxyl groups excluding tert-OH is 1. The molecule has 12 heteroatoms. The maximum atomic E-state index is 11.5. The molecule has 0 saturated heterocycles. The fourth-order valence-electron chi connectivity index (χ4n) is 3.67. The number of hydrogen-bond donors (Lipinski definition) is 6. The molecule has 0 saturated carbocycles. The van der Waals surface area contributed by atoms with Crippen LogP contribution in [0.4, 0.5) is 5.69 Å². The molecule has 37 heavy (non-hydrogen) atoms. The molecular formula is C25H33N5O7. The summed E-state index contributed by atoms with van der Waals surface area (Å²) in [5.41, 5.74) is 4.55. The van der Waals surface area contributed by atoms with Gasteiger partial charge in [0.25, 0.3) is 0 Å². The van der Waals surface area contributed by atoms with E-state index in [-0.39, 0.29) is 41.8 Å². The second kappa shape index (κ2) is 12.7. The van der Waals surface area contributed by atoms with E-state index in [9.17, 15) is 24.9 Å². The van der Waals surface area contributed by atoms with Crippen LogP contribution in [0.15, 0.2) is 41.5 Å². The largest absolute Gasteiger partial charge is 0.508 e. The summed E-state index contributed by atoms with van der Waals surface area (Å²) in [5, 5.41) is 40.0. The highest BCUT2D eigenvalue weighted by Gasteiger charge is 2.33. The van der Waals surface area contributed by atoms with Crippen molar-refractivity contribution in [3.63, 3.8) is 0 Å². The summed E-state index contributed by atoms with van der Waals surface area (Å²) >= 11 is 0. The van der Waals surface area contributed by atoms with Crippen molar-refractivity contribution >= 4 is 23.5 Å². The Hall–Kier alpha value is -4.19. The molecule has 0 radical (unpaired) electrons. The Balaban J connectivity index is 1.51. The van der Waals surface area contributed by atoms with Gasteiger partial charge in [-0.1, -0.05) is 13.8 Å². The molecule has 3 rings (SSSR count). The summed E-state index contributed by atoms with van der Waals surface area (Å²) in [7, 11) is 0. The molecule has 1 aliphatic rings. The molecule has 2 amide bonds. The quantitative estimate of drug-likeness (QED) is 0.231. The molecule has 1 atom stereocenters. The lowest BCUT2D eigenvalue weighted by Gasteiger charge is -2.26. The second-order valence-corrected chi connectivity index (χ2v) is 8.65. The number of ether oxygens (including phenoxy) is 2. The number of phenols is 2. The van der Waals surface area contributed by atoms with Gasteiger partial charge in [0.1, 0.15) is 23.9 Å². The summed E-state index contributed by atoms with van der Waals surface area (Å²) in [6, 6.07) is 9.67. The Bertz CT molecular complexity index is 1120. The zero-order valence-electron chi connectivity index (χ0n) is 21.0. The summed E-state index contributed by atoms with van der Waals surface area (Å²) < 4.78 is 11.1. The Morgan fingerprint density at radius 1 is 1.05 bits per heavy atom. The van der Waals surface area contributed by atoms with Crippen molar-refractivity contribution in [2.45, 2.75) is 32.9 Å². The van der Waals surface area contributed by atoms with E-state index in [2.05, 4.69) is 21.2 Å². The molecular weight excluding hydrogens is 482 g/mol. The molecule has 12 nitrogen and oxygen atoms in total. The number of nitrogens with one attached hydrogen (secondary N) is 3. The Morgan fingerprint density at radius 2 is 1.78 bits per heavy atom. The van der Waals surface area contributed by atoms with E-state index >= 15 is 0 Å². The van der Waals surface area contributed by atoms with Gasteiger partial charge >= 0.3 is 6.02 Å². The fourth-order valence-corrected chi connectivity index (χ4v) is 3.67. The number of hydrazone groups is 1. The van der Waals surface area contributed by atoms with E-state index in [1.54, 1.807) is 30.3 Å². The number of rotatable bonds is 12. The topological polar surface area (TPSA) is 165 Å². The number of nitrogens with zero attached hydrogens (tertiary/aromatic N) is 2. The lowest BCUT2D eigenvalue weighted by Crippen LogP contribution is -2.37. The van der Waals surface area contributed by atoms with E-state index in [1.165, 1.54) is 17.9 Å². The van der Waals surface area contributed by atoms with Crippen molar-refractivity contribution < 1.29 is 34.4 Å². The first kappa shape index (κ1) is 27.4. The Labute approximate surface area is 214 Å². The zero-order valence-corrected chi connectivity index (χ0v) is 21.0. The summed E-state index contributed by atoms with van der Waals surface area (Å²) in [5.74, 6) is -0.0637. The maximum absolute atomic E-state index is 11.5. The van der Waals surface area contributed by atoms with Gasteiger partial charge in [-0.25, -0.2) is 0 Å². The highest BCUT2D eigenvalue weighted by Crippen LogP contribution is 2.39. The van der Waals surface area contributed by atoms with Gasteiger partial charge in [-0.15, -0.1) is 5.10 Å². The summed E-state index contributed by atoms with van der Waals surface area (Å²) in [6.45, 7) is 6.36. The smallest absolute Gasteiger partial charge is 0.313 e. The molecule has 0 aromatic heterocycles. The average Bonchev–Trinajstić information content (AvgIpc) is 3.23. The monoisotopic (exact) mass is 515 g/mol. The number of carbonyl (C=O) groups is 2. The molecule has 1 aliphatic heterocycles. The van der Waals surface area contributed by atoms with Crippen molar-refractivity contribution in [2.75, 3.05) is 37.8 Å². The standard InChI is InChI=1S/C25H33N5O7/c1-15(2)19-12-20(22(33)13-21(19)32)24-28-29-25(35)30(24)17-4-6-18(7-5-17)37-11-10-36-9-8-26-23(34)14-27-16(3)31/h4-7,12-13,15,24,28,32-33H,8-11,14H2,1-3H3,(H,26,34)(H,27,31)(H,29,35). The van der Waals surface area contributed by atoms with Gasteiger partial charge in [-0.3, -0.25) is 19.9 Å². The van der Waals surface area contributed by atoms with E-state index in [0.29, 0.717) is 48.9 Å². The molecule has 0 fully saturated rings. The van der Waals surface area contributed by atoms with Crippen LogP contribution >= 0.6 is 0 Å². The van der Waals surface area contributed by atoms with Crippen molar-refractivity contribution in [1.82, 2.24) is 16.1 Å². The SMILES string of the molecule is CC(=O)NCC(=O)NCCOCCOc1ccc(N2C(O)=NNC2c2cc(C(C)C)c(O)cc2O)cc1. The number of aromatic hydroxyl groups is 2. The normalized spacial score (nSPS) is 14.8. The number of hydrogen-bond acceptors (Lipinski definition) is 9. The number of carbonyl (C=O) groups excluding carboxylic acids is 2. The van der Waals surface area contributed by atoms with E-state index in [4.69, 9.17) is 9.47 Å². The zero-order chi connectivity index (χ0) is 26.9. The van der Waals surface area contributed by atoms with Gasteiger partial charge in [0, 0.05) is 30.8 Å². The first-order valence-electron chi connectivity index (χ1n) is 11.9.